The van der Waals surface area contributed by atoms with Crippen LogP contribution in [0.1, 0.15) is 34.7 Å². The number of benzene rings is 2. The molecule has 5 nitrogen and oxygen atoms in total. The van der Waals surface area contributed by atoms with Crippen molar-refractivity contribution in [1.82, 2.24) is 4.90 Å². The molecule has 0 aliphatic carbocycles. The molecule has 146 valence electrons. The van der Waals surface area contributed by atoms with Crippen molar-refractivity contribution in [2.24, 2.45) is 0 Å². The molecule has 2 aliphatic rings. The lowest BCUT2D eigenvalue weighted by Crippen LogP contribution is -2.43. The molecular formula is C22H23NO4S. The lowest BCUT2D eigenvalue weighted by molar-refractivity contribution is -0.146. The maximum atomic E-state index is 12.8. The van der Waals surface area contributed by atoms with E-state index in [1.165, 1.54) is 4.90 Å². The number of nitrogens with zero attached hydrogens (tertiary/aromatic N) is 1. The molecule has 0 radical (unpaired) electrons. The highest BCUT2D eigenvalue weighted by atomic mass is 32.2. The molecule has 2 amide bonds. The van der Waals surface area contributed by atoms with Crippen LogP contribution in [0.2, 0.25) is 0 Å². The van der Waals surface area contributed by atoms with E-state index in [4.69, 9.17) is 9.47 Å². The van der Waals surface area contributed by atoms with Gasteiger partial charge in [-0.1, -0.05) is 36.4 Å². The van der Waals surface area contributed by atoms with E-state index in [0.29, 0.717) is 37.4 Å². The quantitative estimate of drug-likeness (QED) is 0.550. The summed E-state index contributed by atoms with van der Waals surface area (Å²) in [5, 5.41) is 0. The van der Waals surface area contributed by atoms with Crippen molar-refractivity contribution in [2.75, 3.05) is 26.0 Å². The number of carbonyl (C=O) groups excluding carboxylic acids is 2. The lowest BCUT2D eigenvalue weighted by atomic mass is 9.85. The number of carbonyl (C=O) groups is 2. The van der Waals surface area contributed by atoms with Gasteiger partial charge in [0.15, 0.2) is 5.79 Å². The van der Waals surface area contributed by atoms with Gasteiger partial charge in [-0.3, -0.25) is 14.5 Å². The van der Waals surface area contributed by atoms with Crippen LogP contribution in [-0.4, -0.2) is 48.5 Å². The van der Waals surface area contributed by atoms with Crippen molar-refractivity contribution in [2.45, 2.75) is 29.4 Å². The molecule has 2 aliphatic heterocycles. The van der Waals surface area contributed by atoms with Crippen molar-refractivity contribution in [3.8, 4) is 0 Å². The van der Waals surface area contributed by atoms with Gasteiger partial charge in [-0.05, 0) is 30.2 Å². The highest BCUT2D eigenvalue weighted by Crippen LogP contribution is 2.38. The van der Waals surface area contributed by atoms with Crippen LogP contribution in [0.5, 0.6) is 0 Å². The van der Waals surface area contributed by atoms with Crippen molar-refractivity contribution in [1.29, 1.82) is 0 Å². The predicted molar refractivity (Wildman–Crippen MR) is 107 cm³/mol. The fourth-order valence-electron chi connectivity index (χ4n) is 3.79. The molecule has 2 aromatic rings. The Morgan fingerprint density at radius 1 is 1.04 bits per heavy atom. The summed E-state index contributed by atoms with van der Waals surface area (Å²) in [4.78, 5) is 27.6. The summed E-state index contributed by atoms with van der Waals surface area (Å²) in [5.41, 5.74) is 1.41. The maximum Gasteiger partial charge on any atom is 0.260 e. The highest BCUT2D eigenvalue weighted by Gasteiger charge is 2.41. The zero-order valence-corrected chi connectivity index (χ0v) is 16.6. The molecule has 4 rings (SSSR count). The molecule has 28 heavy (non-hydrogen) atoms. The van der Waals surface area contributed by atoms with Gasteiger partial charge in [-0.15, -0.1) is 11.8 Å². The first kappa shape index (κ1) is 19.2. The third-order valence-electron chi connectivity index (χ3n) is 5.33. The van der Waals surface area contributed by atoms with E-state index in [1.54, 1.807) is 24.9 Å². The summed E-state index contributed by atoms with van der Waals surface area (Å²) in [6.07, 6.45) is 1.17. The molecule has 1 atom stereocenters. The standard InChI is InChI=1S/C22H23NO4S/c1-23-20(24)18-10-6-5-9-17(18)19(21(23)25)11-12-22(26-13-14-27-22)15-28-16-7-3-2-4-8-16/h2-10,19H,11-15H2,1H3. The highest BCUT2D eigenvalue weighted by molar-refractivity contribution is 7.99. The zero-order chi connectivity index (χ0) is 19.6. The van der Waals surface area contributed by atoms with E-state index in [9.17, 15) is 9.59 Å². The van der Waals surface area contributed by atoms with Gasteiger partial charge in [0, 0.05) is 23.9 Å². The minimum atomic E-state index is -0.699. The van der Waals surface area contributed by atoms with Crippen LogP contribution in [-0.2, 0) is 14.3 Å². The summed E-state index contributed by atoms with van der Waals surface area (Å²) in [7, 11) is 1.55. The Morgan fingerprint density at radius 2 is 1.71 bits per heavy atom. The summed E-state index contributed by atoms with van der Waals surface area (Å²) < 4.78 is 12.0. The Bertz CT molecular complexity index is 864. The molecule has 1 fully saturated rings. The first-order chi connectivity index (χ1) is 13.6. The minimum absolute atomic E-state index is 0.160. The maximum absolute atomic E-state index is 12.8. The number of imide groups is 1. The Morgan fingerprint density at radius 3 is 2.46 bits per heavy atom. The summed E-state index contributed by atoms with van der Waals surface area (Å²) >= 11 is 1.69. The number of likely N-dealkylation sites (N-methyl/N-ethyl adjacent to an activating group) is 1. The molecule has 0 N–H and O–H groups in total. The van der Waals surface area contributed by atoms with Crippen LogP contribution in [0.3, 0.4) is 0 Å². The third-order valence-corrected chi connectivity index (χ3v) is 6.52. The smallest absolute Gasteiger partial charge is 0.260 e. The van der Waals surface area contributed by atoms with E-state index in [0.717, 1.165) is 10.5 Å². The first-order valence-electron chi connectivity index (χ1n) is 9.46. The Hall–Kier alpha value is -2.15. The van der Waals surface area contributed by atoms with Crippen LogP contribution in [0.25, 0.3) is 0 Å². The van der Waals surface area contributed by atoms with Gasteiger partial charge in [0.25, 0.3) is 5.91 Å². The number of fused-ring (bicyclic) bond motifs is 1. The number of hydrogen-bond donors (Lipinski definition) is 0. The van der Waals surface area contributed by atoms with E-state index < -0.39 is 5.79 Å². The zero-order valence-electron chi connectivity index (χ0n) is 15.8. The number of amides is 2. The largest absolute Gasteiger partial charge is 0.347 e. The topological polar surface area (TPSA) is 55.8 Å². The van der Waals surface area contributed by atoms with Crippen molar-refractivity contribution >= 4 is 23.6 Å². The SMILES string of the molecule is CN1C(=O)c2ccccc2C(CCC2(CSc3ccccc3)OCCO2)C1=O. The lowest BCUT2D eigenvalue weighted by Gasteiger charge is -2.33. The van der Waals surface area contributed by atoms with Crippen LogP contribution < -0.4 is 0 Å². The Balaban J connectivity index is 1.50. The number of hydrogen-bond acceptors (Lipinski definition) is 5. The minimum Gasteiger partial charge on any atom is -0.347 e. The van der Waals surface area contributed by atoms with E-state index in [1.807, 2.05) is 36.4 Å². The van der Waals surface area contributed by atoms with Crippen molar-refractivity contribution < 1.29 is 19.1 Å². The van der Waals surface area contributed by atoms with Gasteiger partial charge in [-0.2, -0.15) is 0 Å². The second-order valence-corrected chi connectivity index (χ2v) is 8.14. The number of rotatable bonds is 6. The van der Waals surface area contributed by atoms with Crippen molar-refractivity contribution in [3.05, 3.63) is 65.7 Å². The fraction of sp³-hybridized carbons (Fsp3) is 0.364. The summed E-state index contributed by atoms with van der Waals surface area (Å²) in [6, 6.07) is 17.5. The van der Waals surface area contributed by atoms with Gasteiger partial charge < -0.3 is 9.47 Å². The van der Waals surface area contributed by atoms with Gasteiger partial charge in [0.05, 0.1) is 24.9 Å². The van der Waals surface area contributed by atoms with Crippen molar-refractivity contribution in [3.63, 3.8) is 0 Å². The molecule has 6 heteroatoms. The molecule has 0 aromatic heterocycles. The first-order valence-corrected chi connectivity index (χ1v) is 10.4. The molecule has 1 saturated heterocycles. The fourth-order valence-corrected chi connectivity index (χ4v) is 4.84. The monoisotopic (exact) mass is 397 g/mol. The molecule has 0 spiro atoms. The predicted octanol–water partition coefficient (Wildman–Crippen LogP) is 3.70. The molecule has 0 saturated carbocycles. The second-order valence-electron chi connectivity index (χ2n) is 7.09. The molecular weight excluding hydrogens is 374 g/mol. The number of ether oxygens (including phenoxy) is 2. The van der Waals surface area contributed by atoms with E-state index in [2.05, 4.69) is 12.1 Å². The average molecular weight is 397 g/mol. The normalized spacial score (nSPS) is 21.0. The summed E-state index contributed by atoms with van der Waals surface area (Å²) in [6.45, 7) is 1.12. The molecule has 0 bridgehead atoms. The number of thioether (sulfide) groups is 1. The molecule has 2 aromatic carbocycles. The van der Waals surface area contributed by atoms with Crippen LogP contribution in [0.15, 0.2) is 59.5 Å². The van der Waals surface area contributed by atoms with Gasteiger partial charge in [0.2, 0.25) is 5.91 Å². The average Bonchev–Trinajstić information content (AvgIpc) is 3.21. The van der Waals surface area contributed by atoms with Crippen LogP contribution in [0.4, 0.5) is 0 Å². The van der Waals surface area contributed by atoms with Gasteiger partial charge >= 0.3 is 0 Å². The summed E-state index contributed by atoms with van der Waals surface area (Å²) in [5.74, 6) is -0.790. The third kappa shape index (κ3) is 3.72. The Labute approximate surface area is 169 Å². The second kappa shape index (κ2) is 8.07. The van der Waals surface area contributed by atoms with E-state index in [-0.39, 0.29) is 17.7 Å². The molecule has 2 heterocycles. The van der Waals surface area contributed by atoms with E-state index >= 15 is 0 Å². The Kier molecular flexibility index (Phi) is 5.53. The van der Waals surface area contributed by atoms with Gasteiger partial charge in [-0.25, -0.2) is 0 Å². The molecule has 1 unspecified atom stereocenters. The van der Waals surface area contributed by atoms with Crippen LogP contribution >= 0.6 is 11.8 Å². The van der Waals surface area contributed by atoms with Gasteiger partial charge in [0.1, 0.15) is 0 Å². The van der Waals surface area contributed by atoms with Crippen LogP contribution in [0, 0.1) is 0 Å².